The van der Waals surface area contributed by atoms with Gasteiger partial charge in [0.2, 0.25) is 0 Å². The standard InChI is InChI=1S/C14H22N4O2/c1-9(18-20)14(19)12-7-11(15-2)6-5-10(12)8-13(14,16-3)17-4/h5-7,15-17,19-20H,8H2,1-4H3. The van der Waals surface area contributed by atoms with E-state index in [4.69, 9.17) is 0 Å². The second-order valence-electron chi connectivity index (χ2n) is 5.10. The van der Waals surface area contributed by atoms with Crippen LogP contribution in [-0.2, 0) is 12.0 Å². The van der Waals surface area contributed by atoms with Crippen LogP contribution in [0.4, 0.5) is 5.69 Å². The molecule has 1 atom stereocenters. The highest BCUT2D eigenvalue weighted by Crippen LogP contribution is 2.44. The molecule has 0 bridgehead atoms. The Morgan fingerprint density at radius 3 is 2.40 bits per heavy atom. The van der Waals surface area contributed by atoms with Crippen molar-refractivity contribution in [1.82, 2.24) is 10.6 Å². The van der Waals surface area contributed by atoms with E-state index in [0.29, 0.717) is 6.42 Å². The Balaban J connectivity index is 2.71. The number of anilines is 1. The number of hydrogen-bond donors (Lipinski definition) is 5. The molecule has 1 aromatic carbocycles. The topological polar surface area (TPSA) is 88.9 Å². The van der Waals surface area contributed by atoms with Gasteiger partial charge in [-0.2, -0.15) is 0 Å². The summed E-state index contributed by atoms with van der Waals surface area (Å²) in [5, 5.41) is 33.1. The predicted octanol–water partition coefficient (Wildman–Crippen LogP) is 0.457. The molecule has 0 spiro atoms. The van der Waals surface area contributed by atoms with Gasteiger partial charge in [-0.3, -0.25) is 10.6 Å². The van der Waals surface area contributed by atoms with Gasteiger partial charge in [-0.05, 0) is 44.3 Å². The summed E-state index contributed by atoms with van der Waals surface area (Å²) in [6.07, 6.45) is 0.586. The summed E-state index contributed by atoms with van der Waals surface area (Å²) in [5.74, 6) is 0. The van der Waals surface area contributed by atoms with Gasteiger partial charge in [0, 0.05) is 19.2 Å². The summed E-state index contributed by atoms with van der Waals surface area (Å²) < 4.78 is 0. The van der Waals surface area contributed by atoms with E-state index in [1.165, 1.54) is 0 Å². The molecule has 2 rings (SSSR count). The zero-order valence-corrected chi connectivity index (χ0v) is 12.3. The molecular formula is C14H22N4O2. The summed E-state index contributed by atoms with van der Waals surface area (Å²) in [5.41, 5.74) is 0.663. The Labute approximate surface area is 118 Å². The molecule has 1 unspecified atom stereocenters. The first-order valence-electron chi connectivity index (χ1n) is 6.59. The molecule has 0 saturated carbocycles. The van der Waals surface area contributed by atoms with E-state index < -0.39 is 11.3 Å². The lowest BCUT2D eigenvalue weighted by Crippen LogP contribution is -2.68. The fourth-order valence-electron chi connectivity index (χ4n) is 3.11. The van der Waals surface area contributed by atoms with E-state index in [0.717, 1.165) is 16.8 Å². The molecule has 6 nitrogen and oxygen atoms in total. The van der Waals surface area contributed by atoms with Gasteiger partial charge in [-0.15, -0.1) is 0 Å². The summed E-state index contributed by atoms with van der Waals surface area (Å²) in [6.45, 7) is 1.62. The van der Waals surface area contributed by atoms with E-state index in [-0.39, 0.29) is 5.71 Å². The van der Waals surface area contributed by atoms with Gasteiger partial charge in [0.05, 0.1) is 5.71 Å². The lowest BCUT2D eigenvalue weighted by atomic mass is 9.83. The van der Waals surface area contributed by atoms with Crippen LogP contribution in [0.15, 0.2) is 23.4 Å². The quantitative estimate of drug-likeness (QED) is 0.239. The third-order valence-electron chi connectivity index (χ3n) is 4.39. The van der Waals surface area contributed by atoms with E-state index in [2.05, 4.69) is 21.1 Å². The Hall–Kier alpha value is -1.63. The molecule has 110 valence electrons. The van der Waals surface area contributed by atoms with Crippen molar-refractivity contribution in [2.45, 2.75) is 24.6 Å². The minimum Gasteiger partial charge on any atom is -0.411 e. The summed E-state index contributed by atoms with van der Waals surface area (Å²) in [6, 6.07) is 5.83. The number of aliphatic hydroxyl groups is 1. The lowest BCUT2D eigenvalue weighted by molar-refractivity contribution is 0.00129. The molecule has 0 radical (unpaired) electrons. The van der Waals surface area contributed by atoms with E-state index in [9.17, 15) is 10.3 Å². The molecule has 0 saturated heterocycles. The second-order valence-corrected chi connectivity index (χ2v) is 5.10. The molecule has 0 aliphatic heterocycles. The molecule has 0 amide bonds. The van der Waals surface area contributed by atoms with Gasteiger partial charge in [0.1, 0.15) is 5.66 Å². The van der Waals surface area contributed by atoms with Crippen LogP contribution in [-0.4, -0.2) is 42.8 Å². The maximum absolute atomic E-state index is 11.3. The molecule has 0 heterocycles. The maximum Gasteiger partial charge on any atom is 0.162 e. The average molecular weight is 278 g/mol. The van der Waals surface area contributed by atoms with Gasteiger partial charge < -0.3 is 15.6 Å². The molecule has 0 fully saturated rings. The van der Waals surface area contributed by atoms with Gasteiger partial charge in [-0.1, -0.05) is 11.2 Å². The van der Waals surface area contributed by atoms with Crippen molar-refractivity contribution in [2.24, 2.45) is 5.16 Å². The van der Waals surface area contributed by atoms with Crippen molar-refractivity contribution in [1.29, 1.82) is 0 Å². The number of fused-ring (bicyclic) bond motifs is 1. The van der Waals surface area contributed by atoms with E-state index >= 15 is 0 Å². The number of nitrogens with one attached hydrogen (secondary N) is 3. The van der Waals surface area contributed by atoms with Crippen LogP contribution < -0.4 is 16.0 Å². The highest BCUT2D eigenvalue weighted by molar-refractivity contribution is 5.94. The number of oxime groups is 1. The molecule has 6 heteroatoms. The van der Waals surface area contributed by atoms with Crippen LogP contribution in [0.5, 0.6) is 0 Å². The summed E-state index contributed by atoms with van der Waals surface area (Å²) >= 11 is 0. The van der Waals surface area contributed by atoms with Gasteiger partial charge in [0.15, 0.2) is 5.60 Å². The minimum atomic E-state index is -1.42. The molecular weight excluding hydrogens is 256 g/mol. The predicted molar refractivity (Wildman–Crippen MR) is 79.3 cm³/mol. The number of hydrogen-bond acceptors (Lipinski definition) is 6. The normalized spacial score (nSPS) is 24.6. The Kier molecular flexibility index (Phi) is 3.73. The van der Waals surface area contributed by atoms with Crippen LogP contribution in [0.2, 0.25) is 0 Å². The van der Waals surface area contributed by atoms with Crippen molar-refractivity contribution < 1.29 is 10.3 Å². The van der Waals surface area contributed by atoms with Gasteiger partial charge in [-0.25, -0.2) is 0 Å². The number of benzene rings is 1. The van der Waals surface area contributed by atoms with Crippen LogP contribution in [0.25, 0.3) is 0 Å². The third-order valence-corrected chi connectivity index (χ3v) is 4.39. The first-order valence-corrected chi connectivity index (χ1v) is 6.59. The first-order chi connectivity index (χ1) is 9.48. The van der Waals surface area contributed by atoms with Crippen LogP contribution >= 0.6 is 0 Å². The van der Waals surface area contributed by atoms with Crippen molar-refractivity contribution in [3.05, 3.63) is 29.3 Å². The highest BCUT2D eigenvalue weighted by atomic mass is 16.4. The van der Waals surface area contributed by atoms with Gasteiger partial charge >= 0.3 is 0 Å². The second kappa shape index (κ2) is 5.05. The molecule has 0 aromatic heterocycles. The van der Waals surface area contributed by atoms with Crippen molar-refractivity contribution in [3.8, 4) is 0 Å². The molecule has 1 aliphatic carbocycles. The third kappa shape index (κ3) is 1.72. The molecule has 1 aliphatic rings. The summed E-state index contributed by atoms with van der Waals surface area (Å²) in [4.78, 5) is 0. The Morgan fingerprint density at radius 2 is 1.90 bits per heavy atom. The molecule has 1 aromatic rings. The zero-order valence-electron chi connectivity index (χ0n) is 12.3. The van der Waals surface area contributed by atoms with Crippen LogP contribution in [0.3, 0.4) is 0 Å². The maximum atomic E-state index is 11.3. The minimum absolute atomic E-state index is 0.244. The molecule has 5 N–H and O–H groups in total. The number of likely N-dealkylation sites (N-methyl/N-ethyl adjacent to an activating group) is 2. The Bertz CT molecular complexity index is 540. The monoisotopic (exact) mass is 278 g/mol. The van der Waals surface area contributed by atoms with Crippen molar-refractivity contribution >= 4 is 11.4 Å². The fourth-order valence-corrected chi connectivity index (χ4v) is 3.11. The zero-order chi connectivity index (χ0) is 15.0. The first kappa shape index (κ1) is 14.8. The highest BCUT2D eigenvalue weighted by Gasteiger charge is 2.58. The van der Waals surface area contributed by atoms with Crippen LogP contribution in [0.1, 0.15) is 18.1 Å². The van der Waals surface area contributed by atoms with E-state index in [1.807, 2.05) is 25.2 Å². The summed E-state index contributed by atoms with van der Waals surface area (Å²) in [7, 11) is 5.38. The van der Waals surface area contributed by atoms with Crippen LogP contribution in [0, 0.1) is 0 Å². The van der Waals surface area contributed by atoms with Crippen molar-refractivity contribution in [3.63, 3.8) is 0 Å². The largest absolute Gasteiger partial charge is 0.411 e. The number of rotatable bonds is 4. The van der Waals surface area contributed by atoms with E-state index in [1.54, 1.807) is 21.0 Å². The lowest BCUT2D eigenvalue weighted by Gasteiger charge is -2.42. The van der Waals surface area contributed by atoms with Gasteiger partial charge in [0.25, 0.3) is 0 Å². The Morgan fingerprint density at radius 1 is 1.25 bits per heavy atom. The average Bonchev–Trinajstić information content (AvgIpc) is 2.76. The number of nitrogens with zero attached hydrogens (tertiary/aromatic N) is 1. The SMILES string of the molecule is CNc1ccc2c(c1)C(O)(C(C)=NO)C(NC)(NC)C2. The fraction of sp³-hybridized carbons (Fsp3) is 0.500. The molecule has 20 heavy (non-hydrogen) atoms. The van der Waals surface area contributed by atoms with Crippen molar-refractivity contribution in [2.75, 3.05) is 26.5 Å². The smallest absolute Gasteiger partial charge is 0.162 e.